The Morgan fingerprint density at radius 2 is 1.67 bits per heavy atom. The van der Waals surface area contributed by atoms with Crippen molar-refractivity contribution in [1.82, 2.24) is 5.43 Å². The Bertz CT molecular complexity index is 1150. The Labute approximate surface area is 199 Å². The van der Waals surface area contributed by atoms with E-state index in [0.29, 0.717) is 34.1 Å². The van der Waals surface area contributed by atoms with Gasteiger partial charge in [0.1, 0.15) is 5.75 Å². The minimum absolute atomic E-state index is 0.185. The topological polar surface area (TPSA) is 98.3 Å². The van der Waals surface area contributed by atoms with Gasteiger partial charge in [0.25, 0.3) is 11.8 Å². The molecule has 0 radical (unpaired) electrons. The number of rotatable bonds is 9. The van der Waals surface area contributed by atoms with E-state index in [4.69, 9.17) is 14.2 Å². The number of halogens is 1. The average Bonchev–Trinajstić information content (AvgIpc) is 2.83. The normalized spacial score (nSPS) is 10.5. The quantitative estimate of drug-likeness (QED) is 0.330. The molecule has 33 heavy (non-hydrogen) atoms. The molecule has 0 aromatic heterocycles. The van der Waals surface area contributed by atoms with E-state index in [1.54, 1.807) is 48.5 Å². The summed E-state index contributed by atoms with van der Waals surface area (Å²) in [6, 6.07) is 19.1. The molecular weight excluding hydrogens is 490 g/mol. The number of amides is 2. The molecule has 0 fully saturated rings. The van der Waals surface area contributed by atoms with Crippen LogP contribution < -0.4 is 25.0 Å². The average molecular weight is 512 g/mol. The van der Waals surface area contributed by atoms with Crippen LogP contribution in [0.5, 0.6) is 17.2 Å². The van der Waals surface area contributed by atoms with Crippen molar-refractivity contribution in [3.05, 3.63) is 82.3 Å². The standard InChI is InChI=1S/C24H22BrN3O5/c1-31-21-10-8-16(13-22(21)32-2)24(30)28-26-14-17-12-18(25)9-11-20(17)33-15-23(29)27-19-6-4-3-5-7-19/h3-14H,15H2,1-2H3,(H,27,29)(H,28,30)/b26-14+. The fourth-order valence-corrected chi connectivity index (χ4v) is 3.19. The van der Waals surface area contributed by atoms with Crippen LogP contribution in [0.2, 0.25) is 0 Å². The van der Waals surface area contributed by atoms with Gasteiger partial charge in [-0.15, -0.1) is 0 Å². The number of ether oxygens (including phenoxy) is 3. The second-order valence-corrected chi connectivity index (χ2v) is 7.57. The lowest BCUT2D eigenvalue weighted by molar-refractivity contribution is -0.118. The van der Waals surface area contributed by atoms with Crippen LogP contribution in [0.4, 0.5) is 5.69 Å². The molecule has 0 aliphatic heterocycles. The number of carbonyl (C=O) groups is 2. The van der Waals surface area contributed by atoms with Crippen LogP contribution in [-0.4, -0.2) is 38.9 Å². The van der Waals surface area contributed by atoms with Crippen molar-refractivity contribution < 1.29 is 23.8 Å². The predicted molar refractivity (Wildman–Crippen MR) is 129 cm³/mol. The van der Waals surface area contributed by atoms with Gasteiger partial charge in [0.2, 0.25) is 0 Å². The van der Waals surface area contributed by atoms with Crippen LogP contribution in [0, 0.1) is 0 Å². The Balaban J connectivity index is 1.64. The molecule has 0 aliphatic carbocycles. The maximum absolute atomic E-state index is 12.4. The van der Waals surface area contributed by atoms with Crippen molar-refractivity contribution in [3.8, 4) is 17.2 Å². The Hall–Kier alpha value is -3.85. The summed E-state index contributed by atoms with van der Waals surface area (Å²) in [7, 11) is 3.01. The molecular formula is C24H22BrN3O5. The van der Waals surface area contributed by atoms with Gasteiger partial charge in [0.05, 0.1) is 20.4 Å². The van der Waals surface area contributed by atoms with E-state index >= 15 is 0 Å². The predicted octanol–water partition coefficient (Wildman–Crippen LogP) is 4.25. The van der Waals surface area contributed by atoms with Crippen molar-refractivity contribution in [1.29, 1.82) is 0 Å². The molecule has 0 saturated carbocycles. The van der Waals surface area contributed by atoms with Crippen molar-refractivity contribution in [2.75, 3.05) is 26.1 Å². The van der Waals surface area contributed by atoms with E-state index < -0.39 is 5.91 Å². The third kappa shape index (κ3) is 6.81. The molecule has 3 rings (SSSR count). The molecule has 0 bridgehead atoms. The molecule has 3 aromatic carbocycles. The minimum Gasteiger partial charge on any atom is -0.493 e. The Morgan fingerprint density at radius 1 is 0.939 bits per heavy atom. The monoisotopic (exact) mass is 511 g/mol. The highest BCUT2D eigenvalue weighted by molar-refractivity contribution is 9.10. The fourth-order valence-electron chi connectivity index (χ4n) is 2.82. The number of hydrogen-bond acceptors (Lipinski definition) is 6. The van der Waals surface area contributed by atoms with Gasteiger partial charge in [-0.2, -0.15) is 5.10 Å². The van der Waals surface area contributed by atoms with Crippen molar-refractivity contribution in [3.63, 3.8) is 0 Å². The molecule has 0 spiro atoms. The summed E-state index contributed by atoms with van der Waals surface area (Å²) in [5, 5.41) is 6.77. The van der Waals surface area contributed by atoms with Crippen molar-refractivity contribution >= 4 is 39.6 Å². The van der Waals surface area contributed by atoms with Crippen molar-refractivity contribution in [2.45, 2.75) is 0 Å². The van der Waals surface area contributed by atoms with E-state index in [0.717, 1.165) is 4.47 Å². The van der Waals surface area contributed by atoms with Crippen LogP contribution in [0.25, 0.3) is 0 Å². The third-order valence-electron chi connectivity index (χ3n) is 4.40. The van der Waals surface area contributed by atoms with Crippen LogP contribution in [-0.2, 0) is 4.79 Å². The summed E-state index contributed by atoms with van der Waals surface area (Å²) in [5.41, 5.74) is 4.07. The van der Waals surface area contributed by atoms with E-state index in [-0.39, 0.29) is 12.5 Å². The summed E-state index contributed by atoms with van der Waals surface area (Å²) < 4.78 is 16.8. The molecule has 170 valence electrons. The number of anilines is 1. The molecule has 0 heterocycles. The molecule has 0 aliphatic rings. The Morgan fingerprint density at radius 3 is 2.39 bits per heavy atom. The number of benzene rings is 3. The van der Waals surface area contributed by atoms with Gasteiger partial charge >= 0.3 is 0 Å². The zero-order valence-electron chi connectivity index (χ0n) is 18.0. The van der Waals surface area contributed by atoms with Gasteiger partial charge in [0.15, 0.2) is 18.1 Å². The van der Waals surface area contributed by atoms with E-state index in [9.17, 15) is 9.59 Å². The highest BCUT2D eigenvalue weighted by Gasteiger charge is 2.11. The smallest absolute Gasteiger partial charge is 0.271 e. The van der Waals surface area contributed by atoms with E-state index in [1.807, 2.05) is 18.2 Å². The number of hydrazone groups is 1. The molecule has 0 atom stereocenters. The van der Waals surface area contributed by atoms with Crippen LogP contribution >= 0.6 is 15.9 Å². The first kappa shape index (κ1) is 23.8. The molecule has 3 aromatic rings. The molecule has 8 nitrogen and oxygen atoms in total. The largest absolute Gasteiger partial charge is 0.493 e. The van der Waals surface area contributed by atoms with Crippen LogP contribution in [0.15, 0.2) is 76.3 Å². The SMILES string of the molecule is COc1ccc(C(=O)N/N=C/c2cc(Br)ccc2OCC(=O)Nc2ccccc2)cc1OC. The summed E-state index contributed by atoms with van der Waals surface area (Å²) >= 11 is 3.40. The van der Waals surface area contributed by atoms with Crippen LogP contribution in [0.1, 0.15) is 15.9 Å². The molecule has 0 saturated heterocycles. The third-order valence-corrected chi connectivity index (χ3v) is 4.90. The zero-order valence-corrected chi connectivity index (χ0v) is 19.6. The summed E-state index contributed by atoms with van der Waals surface area (Å²) in [4.78, 5) is 24.6. The first-order chi connectivity index (χ1) is 16.0. The molecule has 2 N–H and O–H groups in total. The number of nitrogens with one attached hydrogen (secondary N) is 2. The first-order valence-corrected chi connectivity index (χ1v) is 10.6. The van der Waals surface area contributed by atoms with Gasteiger partial charge in [-0.05, 0) is 48.5 Å². The van der Waals surface area contributed by atoms with Gasteiger partial charge in [-0.25, -0.2) is 5.43 Å². The van der Waals surface area contributed by atoms with Crippen LogP contribution in [0.3, 0.4) is 0 Å². The number of hydrogen-bond donors (Lipinski definition) is 2. The van der Waals surface area contributed by atoms with E-state index in [2.05, 4.69) is 31.8 Å². The summed E-state index contributed by atoms with van der Waals surface area (Å²) in [5.74, 6) is 0.668. The van der Waals surface area contributed by atoms with Gasteiger partial charge in [0, 0.05) is 21.3 Å². The van der Waals surface area contributed by atoms with E-state index in [1.165, 1.54) is 20.4 Å². The summed E-state index contributed by atoms with van der Waals surface area (Å²) in [6.45, 7) is -0.185. The van der Waals surface area contributed by atoms with Gasteiger partial charge < -0.3 is 19.5 Å². The highest BCUT2D eigenvalue weighted by atomic mass is 79.9. The van der Waals surface area contributed by atoms with Gasteiger partial charge in [-0.3, -0.25) is 9.59 Å². The second-order valence-electron chi connectivity index (χ2n) is 6.65. The fraction of sp³-hybridized carbons (Fsp3) is 0.125. The number of nitrogens with zero attached hydrogens (tertiary/aromatic N) is 1. The Kier molecular flexibility index (Phi) is 8.43. The minimum atomic E-state index is -0.424. The molecule has 0 unspecified atom stereocenters. The maximum atomic E-state index is 12.4. The first-order valence-electron chi connectivity index (χ1n) is 9.83. The second kappa shape index (κ2) is 11.7. The van der Waals surface area contributed by atoms with Crippen molar-refractivity contribution in [2.24, 2.45) is 5.10 Å². The lowest BCUT2D eigenvalue weighted by Crippen LogP contribution is -2.20. The number of para-hydroxylation sites is 1. The molecule has 9 heteroatoms. The maximum Gasteiger partial charge on any atom is 0.271 e. The lowest BCUT2D eigenvalue weighted by Gasteiger charge is -2.10. The number of carbonyl (C=O) groups excluding carboxylic acids is 2. The highest BCUT2D eigenvalue weighted by Crippen LogP contribution is 2.27. The summed E-state index contributed by atoms with van der Waals surface area (Å²) in [6.07, 6.45) is 1.44. The zero-order chi connectivity index (χ0) is 23.6. The molecule has 2 amide bonds. The van der Waals surface area contributed by atoms with Gasteiger partial charge in [-0.1, -0.05) is 34.1 Å². The lowest BCUT2D eigenvalue weighted by atomic mass is 10.2. The number of methoxy groups -OCH3 is 2.